The molecule has 1 aromatic carbocycles. The number of anilines is 1. The van der Waals surface area contributed by atoms with E-state index in [0.717, 1.165) is 72.6 Å². The quantitative estimate of drug-likeness (QED) is 0.154. The van der Waals surface area contributed by atoms with Crippen LogP contribution in [0.25, 0.3) is 10.8 Å². The molecule has 0 saturated heterocycles. The molecule has 1 heterocycles. The number of fused-ring (bicyclic) bond motifs is 1. The number of allylic oxidation sites excluding steroid dienone is 9. The number of hydrogen-bond donors (Lipinski definition) is 2. The van der Waals surface area contributed by atoms with Crippen molar-refractivity contribution in [3.63, 3.8) is 0 Å². The summed E-state index contributed by atoms with van der Waals surface area (Å²) in [6.07, 6.45) is 27.0. The molecule has 74 heavy (non-hydrogen) atoms. The van der Waals surface area contributed by atoms with Crippen molar-refractivity contribution in [2.45, 2.75) is 159 Å². The number of benzene rings is 1. The predicted molar refractivity (Wildman–Crippen MR) is 298 cm³/mol. The first-order valence-electron chi connectivity index (χ1n) is 25.9. The van der Waals surface area contributed by atoms with Gasteiger partial charge in [-0.2, -0.15) is 0 Å². The maximum absolute atomic E-state index is 12.5. The van der Waals surface area contributed by atoms with Gasteiger partial charge in [-0.15, -0.1) is 0 Å². The zero-order valence-corrected chi connectivity index (χ0v) is 47.7. The standard InChI is InChI=1S/C22H26N2O2.C14H22O3.C13H20O3.C13H20O2/c1-15-18(22(2,3)12-10-20(15)26-4)8-9-21(25)24-19-7-5-6-16-14-23-13-11-17(16)19;1-10-11(6-7-13(15)17-5)14(2,3)9-8-12(10)16-4;1-9-10(5-6-12(14)15)13(2,3)8-7-11(9)16-4;1-10-6-5-9-13(2,3)11(10)7-8-12(14)15-4/h5-9,11,13-14,20H,10,12H2,1-4H3,(H,24,25);6-7,12H,8-9H2,1-5H3;5-6,11H,7-8H2,1-4H3,(H,14,15);7-8H,5-6,9H2,1-4H3/b9-8+;7-6+;6-5+;8-7+. The number of amides is 1. The van der Waals surface area contributed by atoms with Crippen LogP contribution in [0.15, 0.2) is 130 Å². The number of nitrogens with zero attached hydrogens (tertiary/aromatic N) is 1. The Hall–Kier alpha value is -5.69. The smallest absolute Gasteiger partial charge is 0.330 e. The molecule has 0 fully saturated rings. The number of aliphatic carboxylic acids is 1. The van der Waals surface area contributed by atoms with Crippen molar-refractivity contribution in [1.82, 2.24) is 4.98 Å². The first-order valence-corrected chi connectivity index (χ1v) is 25.9. The molecule has 12 nitrogen and oxygen atoms in total. The van der Waals surface area contributed by atoms with Gasteiger partial charge >= 0.3 is 17.9 Å². The third kappa shape index (κ3) is 17.7. The maximum Gasteiger partial charge on any atom is 0.330 e. The lowest BCUT2D eigenvalue weighted by Gasteiger charge is -2.36. The van der Waals surface area contributed by atoms with E-state index in [1.54, 1.807) is 45.9 Å². The third-order valence-electron chi connectivity index (χ3n) is 15.3. The van der Waals surface area contributed by atoms with Crippen LogP contribution in [0, 0.1) is 21.7 Å². The molecule has 406 valence electrons. The van der Waals surface area contributed by atoms with Crippen LogP contribution in [0.2, 0.25) is 0 Å². The summed E-state index contributed by atoms with van der Waals surface area (Å²) in [6, 6.07) is 7.72. The van der Waals surface area contributed by atoms with E-state index in [-0.39, 0.29) is 57.8 Å². The summed E-state index contributed by atoms with van der Waals surface area (Å²) in [4.78, 5) is 49.4. The zero-order chi connectivity index (χ0) is 55.6. The van der Waals surface area contributed by atoms with Crippen molar-refractivity contribution in [1.29, 1.82) is 0 Å². The largest absolute Gasteiger partial charge is 0.478 e. The van der Waals surface area contributed by atoms with Gasteiger partial charge in [-0.3, -0.25) is 9.78 Å². The van der Waals surface area contributed by atoms with Crippen LogP contribution in [0.1, 0.15) is 141 Å². The Kier molecular flexibility index (Phi) is 23.9. The number of hydrogen-bond acceptors (Lipinski definition) is 10. The van der Waals surface area contributed by atoms with E-state index in [4.69, 9.17) is 19.3 Å². The number of carboxylic acid groups (broad SMARTS) is 1. The second-order valence-corrected chi connectivity index (χ2v) is 22.3. The van der Waals surface area contributed by atoms with E-state index in [1.807, 2.05) is 49.4 Å². The Morgan fingerprint density at radius 1 is 0.581 bits per heavy atom. The van der Waals surface area contributed by atoms with Gasteiger partial charge in [0.25, 0.3) is 0 Å². The fraction of sp³-hybridized carbons (Fsp3) is 0.532. The number of ether oxygens (including phenoxy) is 5. The number of carboxylic acids is 1. The Labute approximate surface area is 443 Å². The molecular formula is C62H88N2O10. The average Bonchev–Trinajstić information content (AvgIpc) is 3.33. The number of rotatable bonds is 12. The van der Waals surface area contributed by atoms with Gasteiger partial charge in [0.2, 0.25) is 5.91 Å². The lowest BCUT2D eigenvalue weighted by molar-refractivity contribution is -0.135. The van der Waals surface area contributed by atoms with Crippen LogP contribution >= 0.6 is 0 Å². The van der Waals surface area contributed by atoms with E-state index >= 15 is 0 Å². The molecule has 4 aliphatic carbocycles. The lowest BCUT2D eigenvalue weighted by Crippen LogP contribution is -2.28. The topological polar surface area (TPSA) is 160 Å². The number of carbonyl (C=O) groups excluding carboxylic acids is 3. The van der Waals surface area contributed by atoms with Crippen LogP contribution in [0.4, 0.5) is 5.69 Å². The van der Waals surface area contributed by atoms with Crippen LogP contribution in [-0.4, -0.2) is 87.8 Å². The molecule has 2 aromatic rings. The number of carbonyl (C=O) groups is 4. The van der Waals surface area contributed by atoms with Gasteiger partial charge in [-0.25, -0.2) is 14.4 Å². The van der Waals surface area contributed by atoms with Crippen molar-refractivity contribution in [2.24, 2.45) is 21.7 Å². The lowest BCUT2D eigenvalue weighted by atomic mass is 9.71. The van der Waals surface area contributed by atoms with Crippen LogP contribution in [0.5, 0.6) is 0 Å². The molecular weight excluding hydrogens is 933 g/mol. The number of methoxy groups -OCH3 is 5. The van der Waals surface area contributed by atoms with Crippen molar-refractivity contribution in [3.8, 4) is 0 Å². The number of aromatic nitrogens is 1. The average molecular weight is 1020 g/mol. The zero-order valence-electron chi connectivity index (χ0n) is 47.7. The van der Waals surface area contributed by atoms with E-state index in [2.05, 4.69) is 95.9 Å². The SMILES string of the molecule is COC(=O)/C=C/C1=C(C)C(OC)CCC1(C)C.COC(=O)/C=C/C1=C(C)CCCC1(C)C.COC1CCC(C)(C)C(/C=C/C(=O)Nc2cccc3cnccc23)=C1C.COC1CCC(C)(C)C(/C=C/C(=O)O)=C1C. The maximum atomic E-state index is 12.5. The van der Waals surface area contributed by atoms with Crippen LogP contribution in [-0.2, 0) is 42.9 Å². The highest BCUT2D eigenvalue weighted by molar-refractivity contribution is 6.06. The highest BCUT2D eigenvalue weighted by atomic mass is 16.5. The van der Waals surface area contributed by atoms with Gasteiger partial charge in [0.1, 0.15) is 0 Å². The fourth-order valence-corrected chi connectivity index (χ4v) is 10.8. The summed E-state index contributed by atoms with van der Waals surface area (Å²) < 4.78 is 25.6. The summed E-state index contributed by atoms with van der Waals surface area (Å²) >= 11 is 0. The Morgan fingerprint density at radius 3 is 1.42 bits per heavy atom. The number of esters is 2. The molecule has 12 heteroatoms. The normalized spacial score (nSPS) is 22.2. The second-order valence-electron chi connectivity index (χ2n) is 22.3. The van der Waals surface area contributed by atoms with Gasteiger partial charge in [-0.1, -0.05) is 97.4 Å². The minimum absolute atomic E-state index is 0.0328. The predicted octanol–water partition coefficient (Wildman–Crippen LogP) is 13.8. The van der Waals surface area contributed by atoms with E-state index in [9.17, 15) is 19.2 Å². The molecule has 4 aliphatic rings. The third-order valence-corrected chi connectivity index (χ3v) is 15.3. The second kappa shape index (κ2) is 28.3. The van der Waals surface area contributed by atoms with Crippen molar-refractivity contribution < 1.29 is 48.0 Å². The van der Waals surface area contributed by atoms with Gasteiger partial charge in [0.05, 0.1) is 32.5 Å². The monoisotopic (exact) mass is 1020 g/mol. The van der Waals surface area contributed by atoms with Crippen LogP contribution < -0.4 is 5.32 Å². The summed E-state index contributed by atoms with van der Waals surface area (Å²) in [5.41, 5.74) is 10.9. The molecule has 3 unspecified atom stereocenters. The minimum atomic E-state index is -0.907. The van der Waals surface area contributed by atoms with Gasteiger partial charge < -0.3 is 34.1 Å². The van der Waals surface area contributed by atoms with Gasteiger partial charge in [0.15, 0.2) is 0 Å². The molecule has 1 amide bonds. The minimum Gasteiger partial charge on any atom is -0.478 e. The summed E-state index contributed by atoms with van der Waals surface area (Å²) in [5, 5.41) is 13.7. The van der Waals surface area contributed by atoms with Crippen molar-refractivity contribution in [3.05, 3.63) is 130 Å². The highest BCUT2D eigenvalue weighted by Gasteiger charge is 2.34. The fourth-order valence-electron chi connectivity index (χ4n) is 10.8. The molecule has 3 atom stereocenters. The summed E-state index contributed by atoms with van der Waals surface area (Å²) in [5.74, 6) is -1.64. The molecule has 0 aliphatic heterocycles. The van der Waals surface area contributed by atoms with Gasteiger partial charge in [-0.05, 0) is 158 Å². The molecule has 1 aromatic heterocycles. The molecule has 0 saturated carbocycles. The Bertz CT molecular complexity index is 2540. The highest BCUT2D eigenvalue weighted by Crippen LogP contribution is 2.44. The first-order chi connectivity index (χ1) is 34.7. The Balaban J connectivity index is 0.000000268. The molecule has 0 bridgehead atoms. The van der Waals surface area contributed by atoms with Crippen molar-refractivity contribution in [2.75, 3.05) is 40.9 Å². The summed E-state index contributed by atoms with van der Waals surface area (Å²) in [7, 11) is 7.97. The van der Waals surface area contributed by atoms with Crippen molar-refractivity contribution >= 4 is 40.3 Å². The Morgan fingerprint density at radius 2 is 1.00 bits per heavy atom. The molecule has 6 rings (SSSR count). The number of nitrogens with one attached hydrogen (secondary N) is 1. The van der Waals surface area contributed by atoms with Crippen LogP contribution in [0.3, 0.4) is 0 Å². The first kappa shape index (κ1) is 62.6. The molecule has 0 radical (unpaired) electrons. The van der Waals surface area contributed by atoms with E-state index in [0.29, 0.717) is 0 Å². The van der Waals surface area contributed by atoms with Gasteiger partial charge in [0, 0.05) is 74.5 Å². The number of pyridine rings is 1. The van der Waals surface area contributed by atoms with E-state index < -0.39 is 5.97 Å². The molecule has 2 N–H and O–H groups in total. The summed E-state index contributed by atoms with van der Waals surface area (Å²) in [6.45, 7) is 25.9. The molecule has 0 spiro atoms. The van der Waals surface area contributed by atoms with E-state index in [1.165, 1.54) is 78.7 Å².